The molecule has 4 rings (SSSR count). The highest BCUT2D eigenvalue weighted by atomic mass is 127. The van der Waals surface area contributed by atoms with Gasteiger partial charge in [0.1, 0.15) is 22.6 Å². The predicted molar refractivity (Wildman–Crippen MR) is 125 cm³/mol. The Morgan fingerprint density at radius 2 is 1.97 bits per heavy atom. The topological polar surface area (TPSA) is 93.0 Å². The van der Waals surface area contributed by atoms with Crippen molar-refractivity contribution >= 4 is 51.3 Å². The van der Waals surface area contributed by atoms with E-state index in [9.17, 15) is 15.4 Å². The van der Waals surface area contributed by atoms with Gasteiger partial charge in [0.05, 0.1) is 16.2 Å². The van der Waals surface area contributed by atoms with Crippen LogP contribution in [0.3, 0.4) is 0 Å². The molecule has 0 atom stereocenters. The van der Waals surface area contributed by atoms with Gasteiger partial charge in [-0.15, -0.1) is 11.3 Å². The Kier molecular flexibility index (Phi) is 5.74. The highest BCUT2D eigenvalue weighted by molar-refractivity contribution is 14.1. The summed E-state index contributed by atoms with van der Waals surface area (Å²) in [4.78, 5) is 15.1. The summed E-state index contributed by atoms with van der Waals surface area (Å²) in [5.41, 5.74) is 2.77. The summed E-state index contributed by atoms with van der Waals surface area (Å²) >= 11 is 3.64. The molecule has 0 saturated heterocycles. The van der Waals surface area contributed by atoms with Gasteiger partial charge < -0.3 is 4.42 Å². The second-order valence-electron chi connectivity index (χ2n) is 6.22. The van der Waals surface area contributed by atoms with E-state index in [1.165, 1.54) is 23.5 Å². The Hall–Kier alpha value is -3.29. The van der Waals surface area contributed by atoms with E-state index < -0.39 is 4.92 Å². The zero-order chi connectivity index (χ0) is 21.1. The zero-order valence-electron chi connectivity index (χ0n) is 15.3. The molecule has 0 radical (unpaired) electrons. The van der Waals surface area contributed by atoms with E-state index in [1.54, 1.807) is 30.3 Å². The number of allylic oxidation sites excluding steroid dienone is 1. The Labute approximate surface area is 189 Å². The van der Waals surface area contributed by atoms with Crippen molar-refractivity contribution in [2.75, 3.05) is 0 Å². The molecule has 2 aromatic carbocycles. The molecule has 2 aromatic heterocycles. The lowest BCUT2D eigenvalue weighted by Crippen LogP contribution is -1.87. The zero-order valence-corrected chi connectivity index (χ0v) is 18.3. The smallest absolute Gasteiger partial charge is 0.270 e. The molecule has 0 saturated carbocycles. The number of thiazole rings is 1. The van der Waals surface area contributed by atoms with Crippen molar-refractivity contribution < 1.29 is 9.34 Å². The van der Waals surface area contributed by atoms with E-state index in [0.717, 1.165) is 14.8 Å². The number of nitriles is 1. The van der Waals surface area contributed by atoms with Crippen LogP contribution in [-0.4, -0.2) is 9.91 Å². The van der Waals surface area contributed by atoms with Gasteiger partial charge in [0.2, 0.25) is 0 Å². The van der Waals surface area contributed by atoms with Crippen LogP contribution in [0.5, 0.6) is 0 Å². The quantitative estimate of drug-likeness (QED) is 0.126. The highest BCUT2D eigenvalue weighted by Gasteiger charge is 2.12. The fourth-order valence-electron chi connectivity index (χ4n) is 2.79. The molecular formula is C22H12IN3O3S. The first-order valence-electron chi connectivity index (χ1n) is 8.72. The molecule has 0 aliphatic carbocycles. The van der Waals surface area contributed by atoms with Crippen LogP contribution >= 0.6 is 33.9 Å². The van der Waals surface area contributed by atoms with Crippen LogP contribution in [0.4, 0.5) is 5.69 Å². The number of hydrogen-bond donors (Lipinski definition) is 0. The van der Waals surface area contributed by atoms with Gasteiger partial charge in [0.25, 0.3) is 5.69 Å². The Morgan fingerprint density at radius 3 is 2.70 bits per heavy atom. The van der Waals surface area contributed by atoms with Gasteiger partial charge in [-0.2, -0.15) is 5.26 Å². The number of non-ortho nitro benzene ring substituents is 1. The van der Waals surface area contributed by atoms with Crippen molar-refractivity contribution in [3.8, 4) is 28.7 Å². The van der Waals surface area contributed by atoms with Crippen LogP contribution in [0.25, 0.3) is 34.2 Å². The van der Waals surface area contributed by atoms with Crippen LogP contribution < -0.4 is 0 Å². The molecule has 146 valence electrons. The first kappa shape index (κ1) is 20.0. The summed E-state index contributed by atoms with van der Waals surface area (Å²) in [6.07, 6.45) is 1.62. The van der Waals surface area contributed by atoms with Crippen molar-refractivity contribution in [3.05, 3.63) is 90.5 Å². The third-order valence-electron chi connectivity index (χ3n) is 4.25. The second kappa shape index (κ2) is 8.61. The van der Waals surface area contributed by atoms with Crippen molar-refractivity contribution in [1.82, 2.24) is 4.98 Å². The van der Waals surface area contributed by atoms with Gasteiger partial charge in [-0.3, -0.25) is 10.1 Å². The molecule has 4 aromatic rings. The monoisotopic (exact) mass is 525 g/mol. The van der Waals surface area contributed by atoms with E-state index >= 15 is 0 Å². The molecule has 0 spiro atoms. The molecule has 0 fully saturated rings. The molecular weight excluding hydrogens is 513 g/mol. The maximum atomic E-state index is 11.0. The first-order chi connectivity index (χ1) is 14.5. The fourth-order valence-corrected chi connectivity index (χ4v) is 3.95. The normalized spacial score (nSPS) is 11.3. The fraction of sp³-hybridized carbons (Fsp3) is 0. The van der Waals surface area contributed by atoms with Crippen molar-refractivity contribution in [2.45, 2.75) is 0 Å². The predicted octanol–water partition coefficient (Wildman–Crippen LogP) is 6.65. The van der Waals surface area contributed by atoms with Crippen LogP contribution in [0.2, 0.25) is 0 Å². The van der Waals surface area contributed by atoms with E-state index in [-0.39, 0.29) is 5.69 Å². The van der Waals surface area contributed by atoms with Crippen molar-refractivity contribution in [2.24, 2.45) is 0 Å². The summed E-state index contributed by atoms with van der Waals surface area (Å²) in [7, 11) is 0. The Bertz CT molecular complexity index is 1300. The Morgan fingerprint density at radius 1 is 1.17 bits per heavy atom. The molecule has 0 N–H and O–H groups in total. The van der Waals surface area contributed by atoms with Gasteiger partial charge in [0.15, 0.2) is 0 Å². The summed E-state index contributed by atoms with van der Waals surface area (Å²) in [6, 6.07) is 19.8. The number of aromatic nitrogens is 1. The lowest BCUT2D eigenvalue weighted by molar-refractivity contribution is -0.384. The maximum Gasteiger partial charge on any atom is 0.270 e. The number of hydrogen-bond acceptors (Lipinski definition) is 6. The molecule has 0 aliphatic rings. The standard InChI is InChI=1S/C22H12IN3O3S/c23-17-6-4-14(5-7-17)20-13-30-22(25-20)16(12-24)11-19-8-9-21(29-19)15-2-1-3-18(10-15)26(27)28/h1-11,13H/b16-11+. The minimum atomic E-state index is -0.450. The molecule has 2 heterocycles. The van der Waals surface area contributed by atoms with Gasteiger partial charge in [0, 0.05) is 38.3 Å². The molecule has 6 nitrogen and oxygen atoms in total. The molecule has 0 aliphatic heterocycles. The van der Waals surface area contributed by atoms with Gasteiger partial charge in [-0.1, -0.05) is 24.3 Å². The number of benzene rings is 2. The largest absolute Gasteiger partial charge is 0.457 e. The second-order valence-corrected chi connectivity index (χ2v) is 8.33. The molecule has 8 heteroatoms. The average Bonchev–Trinajstić information content (AvgIpc) is 3.43. The molecule has 0 bridgehead atoms. The van der Waals surface area contributed by atoms with Gasteiger partial charge >= 0.3 is 0 Å². The minimum Gasteiger partial charge on any atom is -0.457 e. The number of nitro benzene ring substituents is 1. The Balaban J connectivity index is 1.61. The lowest BCUT2D eigenvalue weighted by atomic mass is 10.1. The van der Waals surface area contributed by atoms with Crippen LogP contribution in [0.1, 0.15) is 10.8 Å². The molecule has 0 amide bonds. The summed E-state index contributed by atoms with van der Waals surface area (Å²) in [5, 5.41) is 23.1. The molecule has 30 heavy (non-hydrogen) atoms. The van der Waals surface area contributed by atoms with E-state index in [1.807, 2.05) is 29.6 Å². The number of nitrogens with zero attached hydrogens (tertiary/aromatic N) is 3. The SMILES string of the molecule is N#C/C(=C\c1ccc(-c2cccc([N+](=O)[O-])c2)o1)c1nc(-c2ccc(I)cc2)cs1. The third kappa shape index (κ3) is 4.32. The van der Waals surface area contributed by atoms with Crippen LogP contribution in [0, 0.1) is 25.0 Å². The first-order valence-corrected chi connectivity index (χ1v) is 10.7. The van der Waals surface area contributed by atoms with E-state index in [0.29, 0.717) is 27.7 Å². The van der Waals surface area contributed by atoms with Crippen LogP contribution in [-0.2, 0) is 0 Å². The minimum absolute atomic E-state index is 0.00961. The maximum absolute atomic E-state index is 11.0. The van der Waals surface area contributed by atoms with Crippen LogP contribution in [0.15, 0.2) is 70.5 Å². The number of furan rings is 1. The van der Waals surface area contributed by atoms with Crippen molar-refractivity contribution in [3.63, 3.8) is 0 Å². The summed E-state index contributed by atoms with van der Waals surface area (Å²) < 4.78 is 6.93. The summed E-state index contributed by atoms with van der Waals surface area (Å²) in [5.74, 6) is 0.958. The van der Waals surface area contributed by atoms with Gasteiger partial charge in [-0.05, 0) is 46.9 Å². The van der Waals surface area contributed by atoms with Gasteiger partial charge in [-0.25, -0.2) is 4.98 Å². The summed E-state index contributed by atoms with van der Waals surface area (Å²) in [6.45, 7) is 0. The average molecular weight is 525 g/mol. The number of halogens is 1. The van der Waals surface area contributed by atoms with E-state index in [4.69, 9.17) is 4.42 Å². The third-order valence-corrected chi connectivity index (χ3v) is 5.84. The highest BCUT2D eigenvalue weighted by Crippen LogP contribution is 2.30. The van der Waals surface area contributed by atoms with E-state index in [2.05, 4.69) is 33.6 Å². The lowest BCUT2D eigenvalue weighted by Gasteiger charge is -1.97. The molecule has 0 unspecified atom stereocenters. The van der Waals surface area contributed by atoms with Crippen molar-refractivity contribution in [1.29, 1.82) is 5.26 Å². The number of nitro groups is 1. The number of rotatable bonds is 5.